The van der Waals surface area contributed by atoms with Crippen LogP contribution in [0.3, 0.4) is 0 Å². The minimum atomic E-state index is -4.26. The van der Waals surface area contributed by atoms with Crippen molar-refractivity contribution in [2.24, 2.45) is 0 Å². The summed E-state index contributed by atoms with van der Waals surface area (Å²) < 4.78 is 42.3. The minimum Gasteiger partial charge on any atom is -0.485 e. The van der Waals surface area contributed by atoms with E-state index in [1.54, 1.807) is 24.3 Å². The van der Waals surface area contributed by atoms with Crippen LogP contribution in [-0.4, -0.2) is 5.51 Å². The first-order valence-electron chi connectivity index (χ1n) is 5.93. The lowest BCUT2D eigenvalue weighted by atomic mass is 10.1. The molecule has 0 bridgehead atoms. The fraction of sp³-hybridized carbons (Fsp3) is 0.200. The number of para-hydroxylation sites is 1. The van der Waals surface area contributed by atoms with Gasteiger partial charge in [-0.25, -0.2) is 0 Å². The summed E-state index contributed by atoms with van der Waals surface area (Å²) in [6.07, 6.45) is -0.251. The Morgan fingerprint density at radius 3 is 2.35 bits per heavy atom. The third kappa shape index (κ3) is 4.49. The first-order chi connectivity index (χ1) is 9.44. The van der Waals surface area contributed by atoms with E-state index >= 15 is 0 Å². The molecule has 1 radical (unpaired) electrons. The molecule has 0 amide bonds. The van der Waals surface area contributed by atoms with Gasteiger partial charge in [0.25, 0.3) is 0 Å². The summed E-state index contributed by atoms with van der Waals surface area (Å²) >= 11 is -0.122. The summed E-state index contributed by atoms with van der Waals surface area (Å²) in [6.45, 7) is 1.84. The van der Waals surface area contributed by atoms with Gasteiger partial charge in [0.2, 0.25) is 0 Å². The molecule has 1 unspecified atom stereocenters. The number of hydrogen-bond donors (Lipinski definition) is 0. The monoisotopic (exact) mass is 297 g/mol. The van der Waals surface area contributed by atoms with Crippen molar-refractivity contribution in [2.45, 2.75) is 23.4 Å². The Kier molecular flexibility index (Phi) is 4.60. The van der Waals surface area contributed by atoms with Crippen molar-refractivity contribution in [2.75, 3.05) is 0 Å². The Morgan fingerprint density at radius 1 is 1.10 bits per heavy atom. The smallest absolute Gasteiger partial charge is 0.446 e. The van der Waals surface area contributed by atoms with E-state index in [1.807, 2.05) is 19.1 Å². The molecule has 0 fully saturated rings. The highest BCUT2D eigenvalue weighted by Gasteiger charge is 2.29. The lowest BCUT2D eigenvalue weighted by molar-refractivity contribution is -0.0328. The summed E-state index contributed by atoms with van der Waals surface area (Å²) in [5, 5.41) is 0. The fourth-order valence-electron chi connectivity index (χ4n) is 1.65. The summed E-state index contributed by atoms with van der Waals surface area (Å²) in [5.74, 6) is 0.605. The molecule has 2 aromatic rings. The van der Waals surface area contributed by atoms with Crippen molar-refractivity contribution in [1.82, 2.24) is 0 Å². The van der Waals surface area contributed by atoms with Crippen molar-refractivity contribution in [3.05, 3.63) is 60.2 Å². The molecule has 0 saturated carbocycles. The van der Waals surface area contributed by atoms with Crippen molar-refractivity contribution in [1.29, 1.82) is 0 Å². The zero-order chi connectivity index (χ0) is 14.6. The number of hydrogen-bond acceptors (Lipinski definition) is 2. The maximum atomic E-state index is 12.2. The quantitative estimate of drug-likeness (QED) is 0.714. The number of halogens is 3. The van der Waals surface area contributed by atoms with E-state index in [0.717, 1.165) is 5.56 Å². The second kappa shape index (κ2) is 6.22. The van der Waals surface area contributed by atoms with E-state index in [0.29, 0.717) is 5.75 Å². The number of alkyl halides is 3. The second-order valence-corrected chi connectivity index (χ2v) is 5.24. The zero-order valence-corrected chi connectivity index (χ0v) is 11.5. The molecule has 1 nitrogen and oxygen atoms in total. The molecular formula is C15H12F3OS. The van der Waals surface area contributed by atoms with Gasteiger partial charge < -0.3 is 4.74 Å². The highest BCUT2D eigenvalue weighted by molar-refractivity contribution is 8.00. The highest BCUT2D eigenvalue weighted by atomic mass is 32.2. The van der Waals surface area contributed by atoms with Gasteiger partial charge in [0.1, 0.15) is 11.9 Å². The van der Waals surface area contributed by atoms with Crippen LogP contribution in [0.2, 0.25) is 0 Å². The maximum Gasteiger partial charge on any atom is 0.446 e. The Bertz CT molecular complexity index is 537. The normalized spacial score (nSPS) is 13.0. The van der Waals surface area contributed by atoms with Crippen molar-refractivity contribution in [3.8, 4) is 5.75 Å². The molecule has 0 aromatic heterocycles. The molecular weight excluding hydrogens is 285 g/mol. The summed E-state index contributed by atoms with van der Waals surface area (Å²) in [4.78, 5) is 0.166. The first-order valence-corrected chi connectivity index (χ1v) is 6.75. The van der Waals surface area contributed by atoms with Gasteiger partial charge in [-0.1, -0.05) is 30.3 Å². The van der Waals surface area contributed by atoms with Crippen LogP contribution in [-0.2, 0) is 0 Å². The molecule has 5 heteroatoms. The van der Waals surface area contributed by atoms with Crippen LogP contribution in [0.5, 0.6) is 5.75 Å². The van der Waals surface area contributed by atoms with Gasteiger partial charge >= 0.3 is 5.51 Å². The van der Waals surface area contributed by atoms with E-state index in [-0.39, 0.29) is 22.8 Å². The van der Waals surface area contributed by atoms with Crippen LogP contribution in [0.25, 0.3) is 0 Å². The fourth-order valence-corrected chi connectivity index (χ4v) is 2.19. The molecule has 0 aliphatic heterocycles. The third-order valence-electron chi connectivity index (χ3n) is 2.57. The van der Waals surface area contributed by atoms with Crippen LogP contribution in [0.1, 0.15) is 18.6 Å². The third-order valence-corrected chi connectivity index (χ3v) is 3.31. The molecule has 0 aliphatic rings. The lowest BCUT2D eigenvalue weighted by Crippen LogP contribution is -2.03. The van der Waals surface area contributed by atoms with Gasteiger partial charge in [-0.15, -0.1) is 0 Å². The van der Waals surface area contributed by atoms with Gasteiger partial charge in [0, 0.05) is 11.0 Å². The minimum absolute atomic E-state index is 0.122. The molecule has 0 heterocycles. The average Bonchev–Trinajstić information content (AvgIpc) is 2.39. The number of rotatable bonds is 4. The Labute approximate surface area is 119 Å². The maximum absolute atomic E-state index is 12.2. The summed E-state index contributed by atoms with van der Waals surface area (Å²) in [6, 6.07) is 16.3. The van der Waals surface area contributed by atoms with Crippen molar-refractivity contribution in [3.63, 3.8) is 0 Å². The lowest BCUT2D eigenvalue weighted by Gasteiger charge is -2.15. The number of thioether (sulfide) groups is 1. The van der Waals surface area contributed by atoms with Crippen LogP contribution in [0.4, 0.5) is 13.2 Å². The van der Waals surface area contributed by atoms with E-state index < -0.39 is 5.51 Å². The number of benzene rings is 2. The Morgan fingerprint density at radius 2 is 1.80 bits per heavy atom. The predicted octanol–water partition coefficient (Wildman–Crippen LogP) is 5.24. The SMILES string of the molecule is CC(Oc1[c]cccc1)c1ccc(SC(F)(F)F)cc1. The van der Waals surface area contributed by atoms with Crippen LogP contribution in [0.15, 0.2) is 53.4 Å². The molecule has 0 spiro atoms. The largest absolute Gasteiger partial charge is 0.485 e. The van der Waals surface area contributed by atoms with Crippen LogP contribution < -0.4 is 4.74 Å². The van der Waals surface area contributed by atoms with E-state index in [2.05, 4.69) is 6.07 Å². The van der Waals surface area contributed by atoms with Crippen LogP contribution >= 0.6 is 11.8 Å². The molecule has 1 atom stereocenters. The molecule has 0 N–H and O–H groups in total. The molecule has 2 rings (SSSR count). The summed E-state index contributed by atoms with van der Waals surface area (Å²) in [7, 11) is 0. The van der Waals surface area contributed by atoms with Gasteiger partial charge in [-0.2, -0.15) is 13.2 Å². The Hall–Kier alpha value is -1.62. The van der Waals surface area contributed by atoms with Gasteiger partial charge in [-0.3, -0.25) is 0 Å². The van der Waals surface area contributed by atoms with Crippen LogP contribution in [0, 0.1) is 6.07 Å². The molecule has 2 aromatic carbocycles. The van der Waals surface area contributed by atoms with Gasteiger partial charge in [-0.05, 0) is 42.4 Å². The van der Waals surface area contributed by atoms with E-state index in [1.165, 1.54) is 12.1 Å². The zero-order valence-electron chi connectivity index (χ0n) is 10.6. The Balaban J connectivity index is 2.02. The summed E-state index contributed by atoms with van der Waals surface area (Å²) in [5.41, 5.74) is -3.45. The topological polar surface area (TPSA) is 9.23 Å². The van der Waals surface area contributed by atoms with E-state index in [4.69, 9.17) is 4.74 Å². The average molecular weight is 297 g/mol. The predicted molar refractivity (Wildman–Crippen MR) is 72.7 cm³/mol. The second-order valence-electron chi connectivity index (χ2n) is 4.10. The molecule has 105 valence electrons. The molecule has 20 heavy (non-hydrogen) atoms. The molecule has 0 saturated heterocycles. The van der Waals surface area contributed by atoms with Crippen molar-refractivity contribution >= 4 is 11.8 Å². The molecule has 0 aliphatic carbocycles. The number of ether oxygens (including phenoxy) is 1. The van der Waals surface area contributed by atoms with Gasteiger partial charge in [0.05, 0.1) is 0 Å². The highest BCUT2D eigenvalue weighted by Crippen LogP contribution is 2.37. The van der Waals surface area contributed by atoms with Gasteiger partial charge in [0.15, 0.2) is 0 Å². The standard InChI is InChI=1S/C15H12F3OS/c1-11(19-13-5-3-2-4-6-13)12-7-9-14(10-8-12)20-15(16,17)18/h2-5,7-11H,1H3. The first kappa shape index (κ1) is 14.8. The van der Waals surface area contributed by atoms with Crippen molar-refractivity contribution < 1.29 is 17.9 Å². The van der Waals surface area contributed by atoms with E-state index in [9.17, 15) is 13.2 Å².